The van der Waals surface area contributed by atoms with Gasteiger partial charge in [-0.25, -0.2) is 9.97 Å². The molecule has 0 radical (unpaired) electrons. The standard InChI is InChI=1S/C10H10N4.C2H6/c11-8-2-4-9(5-3-8)14-10-12-6-1-7-13-10;1-2/h1-7H,11H2,(H,12,13,14);1-2H3. The first-order chi connectivity index (χ1) is 7.84. The molecule has 1 heterocycles. The molecule has 0 saturated carbocycles. The van der Waals surface area contributed by atoms with E-state index in [0.29, 0.717) is 5.95 Å². The molecule has 0 aliphatic rings. The predicted octanol–water partition coefficient (Wildman–Crippen LogP) is 2.83. The van der Waals surface area contributed by atoms with Crippen molar-refractivity contribution in [3.8, 4) is 0 Å². The van der Waals surface area contributed by atoms with Crippen molar-refractivity contribution in [2.24, 2.45) is 0 Å². The van der Waals surface area contributed by atoms with Crippen molar-refractivity contribution in [1.82, 2.24) is 9.97 Å². The van der Waals surface area contributed by atoms with E-state index in [9.17, 15) is 0 Å². The number of anilines is 3. The average molecular weight is 216 g/mol. The highest BCUT2D eigenvalue weighted by Crippen LogP contribution is 2.13. The maximum absolute atomic E-state index is 5.56. The van der Waals surface area contributed by atoms with E-state index < -0.39 is 0 Å². The molecule has 4 nitrogen and oxygen atoms in total. The fraction of sp³-hybridized carbons (Fsp3) is 0.167. The number of nitrogens with zero attached hydrogens (tertiary/aromatic N) is 2. The van der Waals surface area contributed by atoms with Crippen molar-refractivity contribution in [1.29, 1.82) is 0 Å². The van der Waals surface area contributed by atoms with E-state index in [1.54, 1.807) is 18.5 Å². The Morgan fingerprint density at radius 2 is 1.56 bits per heavy atom. The molecular weight excluding hydrogens is 200 g/mol. The third kappa shape index (κ3) is 3.57. The number of rotatable bonds is 2. The minimum Gasteiger partial charge on any atom is -0.399 e. The van der Waals surface area contributed by atoms with Gasteiger partial charge in [0.1, 0.15) is 0 Å². The van der Waals surface area contributed by atoms with E-state index in [0.717, 1.165) is 11.4 Å². The number of hydrogen-bond acceptors (Lipinski definition) is 4. The Labute approximate surface area is 95.6 Å². The van der Waals surface area contributed by atoms with Gasteiger partial charge in [-0.05, 0) is 30.3 Å². The van der Waals surface area contributed by atoms with Gasteiger partial charge in [0.15, 0.2) is 0 Å². The van der Waals surface area contributed by atoms with E-state index in [-0.39, 0.29) is 0 Å². The van der Waals surface area contributed by atoms with Crippen LogP contribution in [0.5, 0.6) is 0 Å². The van der Waals surface area contributed by atoms with Gasteiger partial charge in [-0.15, -0.1) is 0 Å². The summed E-state index contributed by atoms with van der Waals surface area (Å²) in [5.41, 5.74) is 7.22. The number of benzene rings is 1. The molecule has 4 heteroatoms. The Balaban J connectivity index is 0.000000606. The third-order valence-electron chi connectivity index (χ3n) is 1.73. The molecule has 16 heavy (non-hydrogen) atoms. The summed E-state index contributed by atoms with van der Waals surface area (Å²) in [6.45, 7) is 4.00. The second kappa shape index (κ2) is 6.40. The van der Waals surface area contributed by atoms with Crippen LogP contribution in [0.15, 0.2) is 42.7 Å². The summed E-state index contributed by atoms with van der Waals surface area (Å²) in [4.78, 5) is 8.09. The molecule has 1 aromatic carbocycles. The van der Waals surface area contributed by atoms with Crippen molar-refractivity contribution in [2.45, 2.75) is 13.8 Å². The van der Waals surface area contributed by atoms with Crippen molar-refractivity contribution in [3.63, 3.8) is 0 Å². The first-order valence-electron chi connectivity index (χ1n) is 5.24. The summed E-state index contributed by atoms with van der Waals surface area (Å²) < 4.78 is 0. The molecule has 0 aliphatic carbocycles. The smallest absolute Gasteiger partial charge is 0.227 e. The van der Waals surface area contributed by atoms with Crippen molar-refractivity contribution < 1.29 is 0 Å². The Morgan fingerprint density at radius 1 is 1.00 bits per heavy atom. The Hall–Kier alpha value is -2.10. The molecule has 0 unspecified atom stereocenters. The molecule has 0 saturated heterocycles. The van der Waals surface area contributed by atoms with Crippen molar-refractivity contribution in [3.05, 3.63) is 42.7 Å². The van der Waals surface area contributed by atoms with Gasteiger partial charge in [0.25, 0.3) is 0 Å². The molecule has 2 rings (SSSR count). The number of nitrogens with one attached hydrogen (secondary N) is 1. The second-order valence-corrected chi connectivity index (χ2v) is 2.82. The van der Waals surface area contributed by atoms with Crippen molar-refractivity contribution in [2.75, 3.05) is 11.1 Å². The Morgan fingerprint density at radius 3 is 2.12 bits per heavy atom. The number of aromatic nitrogens is 2. The van der Waals surface area contributed by atoms with Crippen LogP contribution < -0.4 is 11.1 Å². The highest BCUT2D eigenvalue weighted by Gasteiger charge is 1.94. The summed E-state index contributed by atoms with van der Waals surface area (Å²) >= 11 is 0. The molecule has 0 aliphatic heterocycles. The van der Waals surface area contributed by atoms with Gasteiger partial charge in [0.05, 0.1) is 0 Å². The topological polar surface area (TPSA) is 63.8 Å². The SMILES string of the molecule is CC.Nc1ccc(Nc2ncccn2)cc1. The van der Waals surface area contributed by atoms with E-state index in [1.807, 2.05) is 38.1 Å². The summed E-state index contributed by atoms with van der Waals surface area (Å²) in [6, 6.07) is 9.18. The number of hydrogen-bond donors (Lipinski definition) is 2. The van der Waals surface area contributed by atoms with Crippen LogP contribution in [0.4, 0.5) is 17.3 Å². The molecule has 0 amide bonds. The summed E-state index contributed by atoms with van der Waals surface area (Å²) in [6.07, 6.45) is 3.37. The molecule has 84 valence electrons. The van der Waals surface area contributed by atoms with E-state index in [4.69, 9.17) is 5.73 Å². The number of nitrogen functional groups attached to an aromatic ring is 1. The first-order valence-corrected chi connectivity index (χ1v) is 5.24. The normalized spacial score (nSPS) is 8.88. The monoisotopic (exact) mass is 216 g/mol. The van der Waals surface area contributed by atoms with Gasteiger partial charge in [-0.3, -0.25) is 0 Å². The van der Waals surface area contributed by atoms with E-state index in [2.05, 4.69) is 15.3 Å². The van der Waals surface area contributed by atoms with Crippen molar-refractivity contribution >= 4 is 17.3 Å². The van der Waals surface area contributed by atoms with Gasteiger partial charge in [0, 0.05) is 23.8 Å². The number of nitrogens with two attached hydrogens (primary N) is 1. The molecule has 2 aromatic rings. The molecule has 0 spiro atoms. The zero-order valence-corrected chi connectivity index (χ0v) is 9.51. The lowest BCUT2D eigenvalue weighted by atomic mass is 10.3. The highest BCUT2D eigenvalue weighted by atomic mass is 15.1. The van der Waals surface area contributed by atoms with E-state index >= 15 is 0 Å². The van der Waals surface area contributed by atoms with Gasteiger partial charge < -0.3 is 11.1 Å². The molecule has 0 atom stereocenters. The lowest BCUT2D eigenvalue weighted by Gasteiger charge is -2.03. The molecule has 0 fully saturated rings. The van der Waals surface area contributed by atoms with Crippen LogP contribution in [0.2, 0.25) is 0 Å². The average Bonchev–Trinajstić information content (AvgIpc) is 2.36. The minimum absolute atomic E-state index is 0.581. The maximum Gasteiger partial charge on any atom is 0.227 e. The molecule has 3 N–H and O–H groups in total. The van der Waals surface area contributed by atoms with Crippen LogP contribution in [0, 0.1) is 0 Å². The minimum atomic E-state index is 0.581. The van der Waals surface area contributed by atoms with Gasteiger partial charge in [-0.1, -0.05) is 13.8 Å². The highest BCUT2D eigenvalue weighted by molar-refractivity contribution is 5.56. The molecule has 1 aromatic heterocycles. The van der Waals surface area contributed by atoms with Crippen LogP contribution >= 0.6 is 0 Å². The van der Waals surface area contributed by atoms with Crippen LogP contribution in [0.3, 0.4) is 0 Å². The quantitative estimate of drug-likeness (QED) is 0.758. The van der Waals surface area contributed by atoms with Crippen LogP contribution in [-0.4, -0.2) is 9.97 Å². The Bertz CT molecular complexity index is 397. The summed E-state index contributed by atoms with van der Waals surface area (Å²) in [5, 5.41) is 3.05. The zero-order valence-electron chi connectivity index (χ0n) is 9.51. The maximum atomic E-state index is 5.56. The fourth-order valence-electron chi connectivity index (χ4n) is 1.06. The zero-order chi connectivity index (χ0) is 11.8. The van der Waals surface area contributed by atoms with Crippen LogP contribution in [-0.2, 0) is 0 Å². The summed E-state index contributed by atoms with van der Waals surface area (Å²) in [5.74, 6) is 0.581. The Kier molecular flexibility index (Phi) is 4.79. The molecule has 0 bridgehead atoms. The van der Waals surface area contributed by atoms with Gasteiger partial charge in [0.2, 0.25) is 5.95 Å². The first kappa shape index (κ1) is 12.0. The van der Waals surface area contributed by atoms with Crippen LogP contribution in [0.1, 0.15) is 13.8 Å². The molecular formula is C12H16N4. The van der Waals surface area contributed by atoms with E-state index in [1.165, 1.54) is 0 Å². The fourth-order valence-corrected chi connectivity index (χ4v) is 1.06. The van der Waals surface area contributed by atoms with Gasteiger partial charge >= 0.3 is 0 Å². The second-order valence-electron chi connectivity index (χ2n) is 2.82. The lowest BCUT2D eigenvalue weighted by Crippen LogP contribution is -1.95. The lowest BCUT2D eigenvalue weighted by molar-refractivity contribution is 1.17. The predicted molar refractivity (Wildman–Crippen MR) is 67.5 cm³/mol. The third-order valence-corrected chi connectivity index (χ3v) is 1.73. The summed E-state index contributed by atoms with van der Waals surface area (Å²) in [7, 11) is 0. The van der Waals surface area contributed by atoms with Gasteiger partial charge in [-0.2, -0.15) is 0 Å². The van der Waals surface area contributed by atoms with Crippen LogP contribution in [0.25, 0.3) is 0 Å². The largest absolute Gasteiger partial charge is 0.399 e.